The van der Waals surface area contributed by atoms with Crippen LogP contribution in [0.1, 0.15) is 22.6 Å². The summed E-state index contributed by atoms with van der Waals surface area (Å²) in [6.45, 7) is 1.91. The minimum Gasteiger partial charge on any atom is -0.469 e. The van der Waals surface area contributed by atoms with Gasteiger partial charge in [-0.05, 0) is 6.92 Å². The normalized spacial score (nSPS) is 9.88. The Bertz CT molecular complexity index is 399. The number of nitrogens with one attached hydrogen (secondary N) is 2. The summed E-state index contributed by atoms with van der Waals surface area (Å²) in [6.07, 6.45) is 0.117. The number of H-pyrrole nitrogens is 1. The molecule has 1 amide bonds. The van der Waals surface area contributed by atoms with Gasteiger partial charge in [0.05, 0.1) is 24.9 Å². The first-order valence-electron chi connectivity index (χ1n) is 4.71. The Morgan fingerprint density at radius 1 is 1.56 bits per heavy atom. The van der Waals surface area contributed by atoms with Crippen molar-refractivity contribution in [2.45, 2.75) is 13.3 Å². The zero-order valence-corrected chi connectivity index (χ0v) is 9.16. The molecule has 0 spiro atoms. The number of methoxy groups -OCH3 is 1. The van der Waals surface area contributed by atoms with Crippen LogP contribution in [0.2, 0.25) is 0 Å². The molecule has 0 aliphatic carbocycles. The summed E-state index contributed by atoms with van der Waals surface area (Å²) in [5.41, 5.74) is 6.71. The topological polar surface area (TPSA) is 110 Å². The predicted molar refractivity (Wildman–Crippen MR) is 56.7 cm³/mol. The van der Waals surface area contributed by atoms with Crippen LogP contribution in [0.4, 0.5) is 5.69 Å². The van der Waals surface area contributed by atoms with Gasteiger partial charge in [0.2, 0.25) is 0 Å². The first-order chi connectivity index (χ1) is 7.56. The summed E-state index contributed by atoms with van der Waals surface area (Å²) >= 11 is 0. The molecule has 4 N–H and O–H groups in total. The number of ether oxygens (including phenoxy) is 1. The molecule has 1 aromatic heterocycles. The highest BCUT2D eigenvalue weighted by atomic mass is 16.5. The molecule has 0 aliphatic heterocycles. The Kier molecular flexibility index (Phi) is 3.87. The molecule has 1 aromatic rings. The number of rotatable bonds is 4. The average molecular weight is 226 g/mol. The van der Waals surface area contributed by atoms with E-state index in [4.69, 9.17) is 5.73 Å². The van der Waals surface area contributed by atoms with Gasteiger partial charge < -0.3 is 15.8 Å². The zero-order chi connectivity index (χ0) is 12.1. The lowest BCUT2D eigenvalue weighted by molar-refractivity contribution is -0.140. The molecule has 16 heavy (non-hydrogen) atoms. The molecule has 0 aromatic carbocycles. The molecule has 0 saturated carbocycles. The molecule has 7 heteroatoms. The van der Waals surface area contributed by atoms with Crippen LogP contribution in [-0.4, -0.2) is 35.7 Å². The van der Waals surface area contributed by atoms with E-state index in [-0.39, 0.29) is 24.6 Å². The molecule has 0 fully saturated rings. The van der Waals surface area contributed by atoms with Crippen molar-refractivity contribution in [3.63, 3.8) is 0 Å². The van der Waals surface area contributed by atoms with E-state index in [0.717, 1.165) is 0 Å². The zero-order valence-electron chi connectivity index (χ0n) is 9.16. The van der Waals surface area contributed by atoms with Crippen LogP contribution < -0.4 is 11.1 Å². The maximum absolute atomic E-state index is 11.5. The second kappa shape index (κ2) is 5.15. The molecule has 0 saturated heterocycles. The average Bonchev–Trinajstić information content (AvgIpc) is 2.59. The first-order valence-corrected chi connectivity index (χ1v) is 4.71. The number of hydrogen-bond donors (Lipinski definition) is 3. The van der Waals surface area contributed by atoms with Crippen molar-refractivity contribution in [3.05, 3.63) is 11.4 Å². The molecule has 0 radical (unpaired) electrons. The molecule has 7 nitrogen and oxygen atoms in total. The molecule has 0 atom stereocenters. The Hall–Kier alpha value is -2.05. The standard InChI is InChI=1S/C9H14N4O3/c1-5-7(10)8(13-12-5)9(15)11-4-3-6(14)16-2/h3-4,10H2,1-2H3,(H,11,15)(H,12,13). The number of nitrogen functional groups attached to an aromatic ring is 1. The summed E-state index contributed by atoms with van der Waals surface area (Å²) < 4.78 is 4.43. The van der Waals surface area contributed by atoms with Crippen molar-refractivity contribution in [2.75, 3.05) is 19.4 Å². The van der Waals surface area contributed by atoms with Crippen molar-refractivity contribution in [2.24, 2.45) is 0 Å². The van der Waals surface area contributed by atoms with Crippen LogP contribution in [0.5, 0.6) is 0 Å². The van der Waals surface area contributed by atoms with Gasteiger partial charge in [0.1, 0.15) is 0 Å². The van der Waals surface area contributed by atoms with Crippen LogP contribution >= 0.6 is 0 Å². The van der Waals surface area contributed by atoms with Crippen molar-refractivity contribution in [3.8, 4) is 0 Å². The molecular formula is C9H14N4O3. The lowest BCUT2D eigenvalue weighted by Gasteiger charge is -2.02. The lowest BCUT2D eigenvalue weighted by Crippen LogP contribution is -2.27. The van der Waals surface area contributed by atoms with Crippen LogP contribution in [0.15, 0.2) is 0 Å². The minimum absolute atomic E-state index is 0.117. The number of amides is 1. The second-order valence-corrected chi connectivity index (χ2v) is 3.19. The predicted octanol–water partition coefficient (Wildman–Crippen LogP) is -0.407. The van der Waals surface area contributed by atoms with Crippen molar-refractivity contribution in [1.29, 1.82) is 0 Å². The van der Waals surface area contributed by atoms with Gasteiger partial charge in [0.25, 0.3) is 5.91 Å². The van der Waals surface area contributed by atoms with Crippen LogP contribution in [0.3, 0.4) is 0 Å². The maximum Gasteiger partial charge on any atom is 0.307 e. The van der Waals surface area contributed by atoms with Gasteiger partial charge in [0.15, 0.2) is 5.69 Å². The second-order valence-electron chi connectivity index (χ2n) is 3.19. The van der Waals surface area contributed by atoms with Gasteiger partial charge in [-0.1, -0.05) is 0 Å². The first kappa shape index (κ1) is 12.0. The van der Waals surface area contributed by atoms with Gasteiger partial charge in [0, 0.05) is 6.54 Å². The summed E-state index contributed by atoms with van der Waals surface area (Å²) in [4.78, 5) is 22.3. The number of nitrogens with two attached hydrogens (primary N) is 1. The third-order valence-electron chi connectivity index (χ3n) is 2.05. The van der Waals surface area contributed by atoms with Gasteiger partial charge in [-0.2, -0.15) is 5.10 Å². The van der Waals surface area contributed by atoms with Gasteiger partial charge in [-0.3, -0.25) is 14.7 Å². The van der Waals surface area contributed by atoms with Crippen LogP contribution in [0, 0.1) is 6.92 Å². The fourth-order valence-corrected chi connectivity index (χ4v) is 1.07. The molecule has 1 heterocycles. The number of aromatic nitrogens is 2. The van der Waals surface area contributed by atoms with Gasteiger partial charge in [-0.25, -0.2) is 0 Å². The Morgan fingerprint density at radius 3 is 2.75 bits per heavy atom. The number of esters is 1. The monoisotopic (exact) mass is 226 g/mol. The fraction of sp³-hybridized carbons (Fsp3) is 0.444. The number of hydrogen-bond acceptors (Lipinski definition) is 5. The van der Waals surface area contributed by atoms with E-state index in [1.165, 1.54) is 7.11 Å². The summed E-state index contributed by atoms with van der Waals surface area (Å²) in [5.74, 6) is -0.794. The van der Waals surface area contributed by atoms with Gasteiger partial charge >= 0.3 is 5.97 Å². The highest BCUT2D eigenvalue weighted by Crippen LogP contribution is 2.11. The van der Waals surface area contributed by atoms with Crippen LogP contribution in [-0.2, 0) is 9.53 Å². The minimum atomic E-state index is -0.411. The Balaban J connectivity index is 2.47. The maximum atomic E-state index is 11.5. The molecular weight excluding hydrogens is 212 g/mol. The van der Waals surface area contributed by atoms with Crippen molar-refractivity contribution < 1.29 is 14.3 Å². The number of nitrogens with zero attached hydrogens (tertiary/aromatic N) is 1. The Morgan fingerprint density at radius 2 is 2.25 bits per heavy atom. The van der Waals surface area contributed by atoms with E-state index in [1.54, 1.807) is 6.92 Å². The van der Waals surface area contributed by atoms with Crippen molar-refractivity contribution in [1.82, 2.24) is 15.5 Å². The fourth-order valence-electron chi connectivity index (χ4n) is 1.07. The number of carbonyl (C=O) groups excluding carboxylic acids is 2. The number of aryl methyl sites for hydroxylation is 1. The number of aromatic amines is 1. The van der Waals surface area contributed by atoms with E-state index in [2.05, 4.69) is 20.3 Å². The summed E-state index contributed by atoms with van der Waals surface area (Å²) in [5, 5.41) is 8.87. The molecule has 0 aliphatic rings. The highest BCUT2D eigenvalue weighted by molar-refractivity contribution is 5.97. The quantitative estimate of drug-likeness (QED) is 0.605. The summed E-state index contributed by atoms with van der Waals surface area (Å²) in [7, 11) is 1.29. The number of carbonyl (C=O) groups is 2. The largest absolute Gasteiger partial charge is 0.469 e. The third kappa shape index (κ3) is 2.72. The molecule has 0 bridgehead atoms. The van der Waals surface area contributed by atoms with Gasteiger partial charge in [-0.15, -0.1) is 0 Å². The third-order valence-corrected chi connectivity index (χ3v) is 2.05. The van der Waals surface area contributed by atoms with E-state index < -0.39 is 5.91 Å². The van der Waals surface area contributed by atoms with Crippen molar-refractivity contribution >= 4 is 17.6 Å². The van der Waals surface area contributed by atoms with E-state index in [9.17, 15) is 9.59 Å². The molecule has 1 rings (SSSR count). The van der Waals surface area contributed by atoms with E-state index in [0.29, 0.717) is 11.4 Å². The van der Waals surface area contributed by atoms with E-state index >= 15 is 0 Å². The highest BCUT2D eigenvalue weighted by Gasteiger charge is 2.14. The molecule has 0 unspecified atom stereocenters. The molecule has 88 valence electrons. The number of anilines is 1. The lowest BCUT2D eigenvalue weighted by atomic mass is 10.3. The summed E-state index contributed by atoms with van der Waals surface area (Å²) in [6, 6.07) is 0. The smallest absolute Gasteiger partial charge is 0.307 e. The SMILES string of the molecule is COC(=O)CCNC(=O)c1n[nH]c(C)c1N. The van der Waals surface area contributed by atoms with E-state index in [1.807, 2.05) is 0 Å². The Labute approximate surface area is 92.3 Å². The van der Waals surface area contributed by atoms with Crippen LogP contribution in [0.25, 0.3) is 0 Å².